The summed E-state index contributed by atoms with van der Waals surface area (Å²) in [6.45, 7) is 1.92. The van der Waals surface area contributed by atoms with Gasteiger partial charge >= 0.3 is 0 Å². The molecule has 0 spiro atoms. The summed E-state index contributed by atoms with van der Waals surface area (Å²) in [5.74, 6) is 2.74. The Balaban J connectivity index is 1.50. The van der Waals surface area contributed by atoms with Crippen LogP contribution in [0.2, 0.25) is 0 Å². The highest BCUT2D eigenvalue weighted by Crippen LogP contribution is 2.61. The molecule has 0 aliphatic heterocycles. The summed E-state index contributed by atoms with van der Waals surface area (Å²) >= 11 is 0. The fourth-order valence-corrected chi connectivity index (χ4v) is 10.6. The molecular weight excluding hydrogens is 739 g/mol. The van der Waals surface area contributed by atoms with Gasteiger partial charge in [-0.25, -0.2) is 8.42 Å². The van der Waals surface area contributed by atoms with E-state index in [0.717, 1.165) is 72.4 Å². The SMILES string of the molecule is C#CCN(CC1=C2C(=C(c3ccccc3)c3ccccc3C2(c2ccccc2)c2ccccc2)CC1=C(c1ccccc1)c1ccccc1)S(=O)(=O)c1ccc(C)cc1. The van der Waals surface area contributed by atoms with Gasteiger partial charge in [-0.05, 0) is 97.9 Å². The molecule has 2 aliphatic rings. The number of allylic oxidation sites excluding steroid dienone is 2. The van der Waals surface area contributed by atoms with Crippen molar-refractivity contribution >= 4 is 21.2 Å². The zero-order chi connectivity index (χ0) is 40.4. The van der Waals surface area contributed by atoms with Crippen molar-refractivity contribution in [1.29, 1.82) is 0 Å². The lowest BCUT2D eigenvalue weighted by atomic mass is 9.57. The minimum Gasteiger partial charge on any atom is -0.207 e. The van der Waals surface area contributed by atoms with Gasteiger partial charge in [-0.3, -0.25) is 0 Å². The fourth-order valence-electron chi connectivity index (χ4n) is 9.28. The minimum atomic E-state index is -4.06. The molecule has 0 heterocycles. The Morgan fingerprint density at radius 3 is 1.66 bits per heavy atom. The summed E-state index contributed by atoms with van der Waals surface area (Å²) in [6.07, 6.45) is 6.68. The Bertz CT molecular complexity index is 2810. The van der Waals surface area contributed by atoms with Crippen molar-refractivity contribution in [3.63, 3.8) is 0 Å². The van der Waals surface area contributed by atoms with E-state index in [4.69, 9.17) is 6.42 Å². The largest absolute Gasteiger partial charge is 0.244 e. The molecule has 9 rings (SSSR count). The first kappa shape index (κ1) is 37.8. The van der Waals surface area contributed by atoms with Crippen molar-refractivity contribution in [2.45, 2.75) is 23.7 Å². The first-order valence-corrected chi connectivity index (χ1v) is 21.4. The number of terminal acetylenes is 1. The Morgan fingerprint density at radius 2 is 1.12 bits per heavy atom. The molecule has 0 bridgehead atoms. The summed E-state index contributed by atoms with van der Waals surface area (Å²) < 4.78 is 31.4. The molecule has 2 aliphatic carbocycles. The summed E-state index contributed by atoms with van der Waals surface area (Å²) in [5.41, 5.74) is 14.4. The normalized spacial score (nSPS) is 14.5. The smallest absolute Gasteiger partial charge is 0.207 e. The molecule has 0 fully saturated rings. The topological polar surface area (TPSA) is 37.4 Å². The van der Waals surface area contributed by atoms with Crippen molar-refractivity contribution in [3.05, 3.63) is 267 Å². The van der Waals surface area contributed by atoms with E-state index in [1.54, 1.807) is 12.1 Å². The molecule has 7 aromatic carbocycles. The number of benzene rings is 7. The van der Waals surface area contributed by atoms with Gasteiger partial charge in [0.25, 0.3) is 0 Å². The van der Waals surface area contributed by atoms with Crippen LogP contribution in [0.4, 0.5) is 0 Å². The molecule has 0 saturated carbocycles. The molecule has 0 saturated heterocycles. The second-order valence-corrected chi connectivity index (χ2v) is 17.1. The molecule has 0 aromatic heterocycles. The highest BCUT2D eigenvalue weighted by Gasteiger charge is 2.51. The lowest BCUT2D eigenvalue weighted by Crippen LogP contribution is -2.38. The zero-order valence-corrected chi connectivity index (χ0v) is 33.7. The highest BCUT2D eigenvalue weighted by molar-refractivity contribution is 7.89. The van der Waals surface area contributed by atoms with Gasteiger partial charge in [0.1, 0.15) is 0 Å². The van der Waals surface area contributed by atoms with E-state index in [-0.39, 0.29) is 18.0 Å². The molecular formula is C55H43NO2S. The average Bonchev–Trinajstić information content (AvgIpc) is 3.65. The first-order valence-electron chi connectivity index (χ1n) is 20.0. The fraction of sp³-hybridized carbons (Fsp3) is 0.0909. The van der Waals surface area contributed by atoms with E-state index < -0.39 is 15.4 Å². The lowest BCUT2D eigenvalue weighted by molar-refractivity contribution is 0.471. The third-order valence-electron chi connectivity index (χ3n) is 11.8. The van der Waals surface area contributed by atoms with E-state index >= 15 is 0 Å². The molecule has 3 nitrogen and oxygen atoms in total. The van der Waals surface area contributed by atoms with Crippen molar-refractivity contribution in [1.82, 2.24) is 4.31 Å². The molecule has 0 atom stereocenters. The van der Waals surface area contributed by atoms with Gasteiger partial charge in [0.15, 0.2) is 0 Å². The number of hydrogen-bond donors (Lipinski definition) is 0. The van der Waals surface area contributed by atoms with Crippen LogP contribution in [0.1, 0.15) is 50.9 Å². The second-order valence-electron chi connectivity index (χ2n) is 15.2. The quantitative estimate of drug-likeness (QED) is 0.130. The third kappa shape index (κ3) is 6.59. The Labute approximate surface area is 348 Å². The second kappa shape index (κ2) is 15.9. The van der Waals surface area contributed by atoms with Crippen LogP contribution in [0.5, 0.6) is 0 Å². The maximum atomic E-state index is 15.0. The highest BCUT2D eigenvalue weighted by atomic mass is 32.2. The van der Waals surface area contributed by atoms with Crippen molar-refractivity contribution in [2.75, 3.05) is 13.1 Å². The third-order valence-corrected chi connectivity index (χ3v) is 13.6. The monoisotopic (exact) mass is 781 g/mol. The van der Waals surface area contributed by atoms with Crippen molar-refractivity contribution < 1.29 is 8.42 Å². The van der Waals surface area contributed by atoms with Crippen molar-refractivity contribution in [2.24, 2.45) is 0 Å². The van der Waals surface area contributed by atoms with Gasteiger partial charge < -0.3 is 0 Å². The summed E-state index contributed by atoms with van der Waals surface area (Å²) in [6, 6.07) is 68.9. The summed E-state index contributed by atoms with van der Waals surface area (Å²) in [4.78, 5) is 0.214. The van der Waals surface area contributed by atoms with E-state index in [1.165, 1.54) is 9.88 Å². The van der Waals surface area contributed by atoms with Crippen LogP contribution < -0.4 is 0 Å². The zero-order valence-electron chi connectivity index (χ0n) is 32.9. The number of aryl methyl sites for hydroxylation is 1. The molecule has 4 heteroatoms. The van der Waals surface area contributed by atoms with Crippen LogP contribution >= 0.6 is 0 Å². The predicted molar refractivity (Wildman–Crippen MR) is 241 cm³/mol. The Morgan fingerprint density at radius 1 is 0.627 bits per heavy atom. The number of sulfonamides is 1. The summed E-state index contributed by atoms with van der Waals surface area (Å²) in [7, 11) is -4.06. The van der Waals surface area contributed by atoms with E-state index in [2.05, 4.69) is 170 Å². The molecule has 59 heavy (non-hydrogen) atoms. The van der Waals surface area contributed by atoms with Crippen LogP contribution in [-0.4, -0.2) is 25.8 Å². The average molecular weight is 782 g/mol. The predicted octanol–water partition coefficient (Wildman–Crippen LogP) is 11.7. The van der Waals surface area contributed by atoms with E-state index in [1.807, 2.05) is 31.2 Å². The van der Waals surface area contributed by atoms with Gasteiger partial charge in [-0.15, -0.1) is 6.42 Å². The van der Waals surface area contributed by atoms with Crippen LogP contribution in [-0.2, 0) is 15.4 Å². The maximum Gasteiger partial charge on any atom is 0.244 e. The molecule has 0 amide bonds. The van der Waals surface area contributed by atoms with Gasteiger partial charge in [0.2, 0.25) is 10.0 Å². The molecule has 0 N–H and O–H groups in total. The molecule has 0 radical (unpaired) electrons. The number of fused-ring (bicyclic) bond motifs is 2. The van der Waals surface area contributed by atoms with Gasteiger partial charge in [-0.2, -0.15) is 4.31 Å². The van der Waals surface area contributed by atoms with E-state index in [0.29, 0.717) is 6.42 Å². The maximum absolute atomic E-state index is 15.0. The minimum absolute atomic E-state index is 0.0589. The van der Waals surface area contributed by atoms with Crippen molar-refractivity contribution in [3.8, 4) is 12.3 Å². The van der Waals surface area contributed by atoms with Crippen LogP contribution in [0.3, 0.4) is 0 Å². The Kier molecular flexibility index (Phi) is 10.2. The molecule has 286 valence electrons. The molecule has 0 unspecified atom stereocenters. The number of nitrogens with zero attached hydrogens (tertiary/aromatic N) is 1. The Hall–Kier alpha value is -6.77. The van der Waals surface area contributed by atoms with Gasteiger partial charge in [0, 0.05) is 6.54 Å². The number of rotatable bonds is 10. The van der Waals surface area contributed by atoms with Gasteiger partial charge in [0.05, 0.1) is 16.9 Å². The van der Waals surface area contributed by atoms with Crippen LogP contribution in [0.15, 0.2) is 227 Å². The standard InChI is InChI=1S/C55H43NO2S/c1-3-37-56(59(57,58)46-35-33-40(2)34-36-46)39-50-48(52(41-21-9-4-10-22-41)42-23-11-5-12-24-42)38-49-53(43-25-13-6-14-26-43)47-31-19-20-32-51(47)55(54(49)50,44-27-15-7-16-28-44)45-29-17-8-18-30-45/h1,4-36H,37-39H2,2H3. The van der Waals surface area contributed by atoms with E-state index in [9.17, 15) is 8.42 Å². The first-order chi connectivity index (χ1) is 28.9. The number of hydrogen-bond acceptors (Lipinski definition) is 2. The van der Waals surface area contributed by atoms with Crippen LogP contribution in [0.25, 0.3) is 11.1 Å². The lowest BCUT2D eigenvalue weighted by Gasteiger charge is -2.44. The molecule has 7 aromatic rings. The summed E-state index contributed by atoms with van der Waals surface area (Å²) in [5, 5.41) is 0. The van der Waals surface area contributed by atoms with Crippen LogP contribution in [0, 0.1) is 19.3 Å². The van der Waals surface area contributed by atoms with Gasteiger partial charge in [-0.1, -0.05) is 200 Å².